The average molecular weight is 442 g/mol. The van der Waals surface area contributed by atoms with Crippen molar-refractivity contribution in [2.24, 2.45) is 5.92 Å². The Morgan fingerprint density at radius 3 is 1.13 bits per heavy atom. The maximum absolute atomic E-state index is 2.40. The minimum Gasteiger partial charge on any atom is -0.306 e. The molecule has 0 aromatic carbocycles. The molecular weight excluding hydrogens is 382 g/mol. The maximum atomic E-state index is 2.40. The molecule has 4 saturated heterocycles. The van der Waals surface area contributed by atoms with Crippen LogP contribution in [0.15, 0.2) is 0 Å². The van der Waals surface area contributed by atoms with Crippen LogP contribution < -0.4 is 0 Å². The molecule has 0 saturated carbocycles. The molecule has 0 N–H and O–H groups in total. The molecule has 4 aliphatic heterocycles. The van der Waals surface area contributed by atoms with Gasteiger partial charge in [0, 0.05) is 32.2 Å². The zero-order valence-electron chi connectivity index (χ0n) is 21.7. The topological polar surface area (TPSA) is 16.2 Å². The van der Waals surface area contributed by atoms with Crippen LogP contribution in [0.2, 0.25) is 0 Å². The molecule has 5 heteroatoms. The highest BCUT2D eigenvalue weighted by atomic mass is 15.2. The SMILES string of the molecule is C.CC1CCCN1C.CC1CCN(C)CC1.CN1CCCCC1.CN1CCN(C)CC1. The fraction of sp³-hybridized carbons (Fsp3) is 1.00. The van der Waals surface area contributed by atoms with E-state index in [1.807, 2.05) is 0 Å². The van der Waals surface area contributed by atoms with E-state index in [-0.39, 0.29) is 7.43 Å². The van der Waals surface area contributed by atoms with Crippen molar-refractivity contribution >= 4 is 0 Å². The quantitative estimate of drug-likeness (QED) is 0.562. The van der Waals surface area contributed by atoms with Gasteiger partial charge in [0.1, 0.15) is 0 Å². The van der Waals surface area contributed by atoms with Crippen molar-refractivity contribution in [3.05, 3.63) is 0 Å². The predicted molar refractivity (Wildman–Crippen MR) is 140 cm³/mol. The summed E-state index contributed by atoms with van der Waals surface area (Å²) < 4.78 is 0. The van der Waals surface area contributed by atoms with E-state index in [2.05, 4.69) is 73.6 Å². The fourth-order valence-electron chi connectivity index (χ4n) is 4.17. The molecule has 0 radical (unpaired) electrons. The number of hydrogen-bond acceptors (Lipinski definition) is 5. The Labute approximate surface area is 197 Å². The molecule has 0 spiro atoms. The molecule has 188 valence electrons. The monoisotopic (exact) mass is 441 g/mol. The molecule has 0 aliphatic carbocycles. The maximum Gasteiger partial charge on any atom is 0.0107 e. The van der Waals surface area contributed by atoms with Crippen molar-refractivity contribution in [2.75, 3.05) is 94.1 Å². The Kier molecular flexibility index (Phi) is 18.1. The number of piperazine rings is 1. The lowest BCUT2D eigenvalue weighted by Gasteiger charge is -2.28. The first-order valence-electron chi connectivity index (χ1n) is 12.7. The molecule has 0 bridgehead atoms. The van der Waals surface area contributed by atoms with Gasteiger partial charge in [-0.3, -0.25) is 0 Å². The highest BCUT2D eigenvalue weighted by Gasteiger charge is 2.14. The Balaban J connectivity index is 0.000000384. The van der Waals surface area contributed by atoms with E-state index in [4.69, 9.17) is 0 Å². The number of piperidine rings is 2. The zero-order valence-corrected chi connectivity index (χ0v) is 21.7. The normalized spacial score (nSPS) is 27.0. The largest absolute Gasteiger partial charge is 0.306 e. The van der Waals surface area contributed by atoms with Crippen LogP contribution in [0.25, 0.3) is 0 Å². The summed E-state index contributed by atoms with van der Waals surface area (Å²) in [5.41, 5.74) is 0. The second kappa shape index (κ2) is 18.3. The van der Waals surface area contributed by atoms with E-state index in [9.17, 15) is 0 Å². The van der Waals surface area contributed by atoms with Crippen LogP contribution in [0.4, 0.5) is 0 Å². The molecule has 4 aliphatic rings. The van der Waals surface area contributed by atoms with E-state index in [1.165, 1.54) is 104 Å². The van der Waals surface area contributed by atoms with Gasteiger partial charge in [-0.2, -0.15) is 0 Å². The van der Waals surface area contributed by atoms with Crippen molar-refractivity contribution in [2.45, 2.75) is 72.3 Å². The molecule has 0 aromatic rings. The highest BCUT2D eigenvalue weighted by molar-refractivity contribution is 4.70. The molecular formula is C26H59N5. The zero-order chi connectivity index (χ0) is 22.4. The van der Waals surface area contributed by atoms with Crippen LogP contribution in [-0.2, 0) is 0 Å². The van der Waals surface area contributed by atoms with Crippen molar-refractivity contribution in [1.82, 2.24) is 24.5 Å². The van der Waals surface area contributed by atoms with E-state index >= 15 is 0 Å². The van der Waals surface area contributed by atoms with Gasteiger partial charge in [-0.1, -0.05) is 20.8 Å². The summed E-state index contributed by atoms with van der Waals surface area (Å²) in [6.07, 6.45) is 9.87. The first-order valence-corrected chi connectivity index (χ1v) is 12.7. The summed E-state index contributed by atoms with van der Waals surface area (Å²) in [6, 6.07) is 0.847. The lowest BCUT2D eigenvalue weighted by molar-refractivity contribution is 0.181. The minimum atomic E-state index is 0. The Hall–Kier alpha value is -0.200. The summed E-state index contributed by atoms with van der Waals surface area (Å²) in [5, 5.41) is 0. The summed E-state index contributed by atoms with van der Waals surface area (Å²) in [4.78, 5) is 11.9. The number of likely N-dealkylation sites (N-methyl/N-ethyl adjacent to an activating group) is 2. The van der Waals surface area contributed by atoms with Gasteiger partial charge in [0.2, 0.25) is 0 Å². The number of nitrogens with zero attached hydrogens (tertiary/aromatic N) is 5. The predicted octanol–water partition coefficient (Wildman–Crippen LogP) is 4.05. The van der Waals surface area contributed by atoms with E-state index in [0.717, 1.165) is 12.0 Å². The second-order valence-corrected chi connectivity index (χ2v) is 10.4. The molecule has 0 aromatic heterocycles. The van der Waals surface area contributed by atoms with Gasteiger partial charge >= 0.3 is 0 Å². The number of hydrogen-bond donors (Lipinski definition) is 0. The molecule has 0 amide bonds. The second-order valence-electron chi connectivity index (χ2n) is 10.4. The van der Waals surface area contributed by atoms with Crippen LogP contribution in [0.5, 0.6) is 0 Å². The smallest absolute Gasteiger partial charge is 0.0107 e. The fourth-order valence-corrected chi connectivity index (χ4v) is 4.17. The molecule has 4 fully saturated rings. The van der Waals surface area contributed by atoms with Gasteiger partial charge < -0.3 is 24.5 Å². The number of likely N-dealkylation sites (tertiary alicyclic amines) is 3. The van der Waals surface area contributed by atoms with Crippen LogP contribution in [0.1, 0.15) is 66.2 Å². The number of rotatable bonds is 0. The van der Waals surface area contributed by atoms with Gasteiger partial charge in [-0.15, -0.1) is 0 Å². The van der Waals surface area contributed by atoms with Gasteiger partial charge in [0.15, 0.2) is 0 Å². The third kappa shape index (κ3) is 16.1. The van der Waals surface area contributed by atoms with Gasteiger partial charge in [0.05, 0.1) is 0 Å². The molecule has 5 nitrogen and oxygen atoms in total. The lowest BCUT2D eigenvalue weighted by atomic mass is 10.00. The molecule has 1 atom stereocenters. The Bertz CT molecular complexity index is 335. The summed E-state index contributed by atoms with van der Waals surface area (Å²) in [7, 11) is 10.9. The molecule has 31 heavy (non-hydrogen) atoms. The van der Waals surface area contributed by atoms with E-state index in [1.54, 1.807) is 0 Å². The van der Waals surface area contributed by atoms with Gasteiger partial charge in [-0.05, 0) is 119 Å². The van der Waals surface area contributed by atoms with E-state index < -0.39 is 0 Å². The summed E-state index contributed by atoms with van der Waals surface area (Å²) in [5.74, 6) is 0.978. The Morgan fingerprint density at radius 2 is 0.871 bits per heavy atom. The van der Waals surface area contributed by atoms with Crippen LogP contribution in [0, 0.1) is 5.92 Å². The van der Waals surface area contributed by atoms with Gasteiger partial charge in [-0.25, -0.2) is 0 Å². The van der Waals surface area contributed by atoms with Crippen molar-refractivity contribution in [3.8, 4) is 0 Å². The first-order chi connectivity index (χ1) is 14.3. The third-order valence-corrected chi connectivity index (χ3v) is 7.20. The molecule has 1 unspecified atom stereocenters. The lowest BCUT2D eigenvalue weighted by Crippen LogP contribution is -2.42. The molecule has 4 rings (SSSR count). The first kappa shape index (κ1) is 30.8. The average Bonchev–Trinajstić information content (AvgIpc) is 3.11. The van der Waals surface area contributed by atoms with Crippen molar-refractivity contribution in [3.63, 3.8) is 0 Å². The van der Waals surface area contributed by atoms with Crippen LogP contribution in [-0.4, -0.2) is 125 Å². The van der Waals surface area contributed by atoms with E-state index in [0.29, 0.717) is 0 Å². The van der Waals surface area contributed by atoms with Crippen molar-refractivity contribution < 1.29 is 0 Å². The highest BCUT2D eigenvalue weighted by Crippen LogP contribution is 2.13. The minimum absolute atomic E-state index is 0. The van der Waals surface area contributed by atoms with Crippen LogP contribution >= 0.6 is 0 Å². The standard InChI is InChI=1S/C7H15N.C6H14N2.2C6H13N.CH4/c2*1-7-3-5-8(2)6-4-7;1-6-4-3-5-7(6)2;1-7-5-3-2-4-6-7;/h7H,3-6H2,1-2H3;3-6H2,1-2H3;6H,3-5H2,1-2H3;2-6H2,1H3;1H4. The van der Waals surface area contributed by atoms with Crippen molar-refractivity contribution in [1.29, 1.82) is 0 Å². The Morgan fingerprint density at radius 1 is 0.452 bits per heavy atom. The third-order valence-electron chi connectivity index (χ3n) is 7.20. The summed E-state index contributed by atoms with van der Waals surface area (Å²) in [6.45, 7) is 16.1. The summed E-state index contributed by atoms with van der Waals surface area (Å²) >= 11 is 0. The van der Waals surface area contributed by atoms with Gasteiger partial charge in [0.25, 0.3) is 0 Å². The van der Waals surface area contributed by atoms with Crippen LogP contribution in [0.3, 0.4) is 0 Å². The molecule has 4 heterocycles.